The molecule has 7 nitrogen and oxygen atoms in total. The average molecular weight is 347 g/mol. The maximum atomic E-state index is 10.8. The fourth-order valence-electron chi connectivity index (χ4n) is 2.10. The van der Waals surface area contributed by atoms with Gasteiger partial charge in [0.2, 0.25) is 0 Å². The van der Waals surface area contributed by atoms with Crippen molar-refractivity contribution in [1.82, 2.24) is 0 Å². The van der Waals surface area contributed by atoms with Crippen LogP contribution < -0.4 is 20.1 Å². The van der Waals surface area contributed by atoms with Gasteiger partial charge in [-0.15, -0.1) is 0 Å². The molecule has 0 heterocycles. The molecule has 0 bridgehead atoms. The summed E-state index contributed by atoms with van der Waals surface area (Å²) in [5.74, 6) is 1.20. The molecule has 0 radical (unpaired) electrons. The standard InChI is InChI=1S/C16H17N3O4S/c1-10-8-12(19(20)21)5-6-13(10)18-16(24)17-11-4-7-14(22-2)15(9-11)23-3/h4-9H,1-3H3,(H2,17,18,24). The van der Waals surface area contributed by atoms with Gasteiger partial charge in [-0.1, -0.05) is 0 Å². The lowest BCUT2D eigenvalue weighted by atomic mass is 10.2. The molecule has 0 unspecified atom stereocenters. The lowest BCUT2D eigenvalue weighted by Crippen LogP contribution is -2.19. The summed E-state index contributed by atoms with van der Waals surface area (Å²) < 4.78 is 10.4. The van der Waals surface area contributed by atoms with E-state index in [0.29, 0.717) is 22.3 Å². The molecular weight excluding hydrogens is 330 g/mol. The first-order valence-corrected chi connectivity index (χ1v) is 7.40. The molecule has 2 aromatic rings. The summed E-state index contributed by atoms with van der Waals surface area (Å²) >= 11 is 5.27. The van der Waals surface area contributed by atoms with Crippen LogP contribution in [-0.2, 0) is 0 Å². The molecule has 0 saturated heterocycles. The number of anilines is 2. The van der Waals surface area contributed by atoms with E-state index in [9.17, 15) is 10.1 Å². The zero-order valence-corrected chi connectivity index (χ0v) is 14.3. The molecular formula is C16H17N3O4S. The van der Waals surface area contributed by atoms with Crippen molar-refractivity contribution in [2.45, 2.75) is 6.92 Å². The third-order valence-electron chi connectivity index (χ3n) is 3.31. The highest BCUT2D eigenvalue weighted by Gasteiger charge is 2.10. The molecule has 0 saturated carbocycles. The number of hydrogen-bond donors (Lipinski definition) is 2. The van der Waals surface area contributed by atoms with E-state index in [-0.39, 0.29) is 5.69 Å². The first-order valence-electron chi connectivity index (χ1n) is 6.99. The van der Waals surface area contributed by atoms with Crippen LogP contribution in [0.25, 0.3) is 0 Å². The number of nitro benzene ring substituents is 1. The fraction of sp³-hybridized carbons (Fsp3) is 0.188. The van der Waals surface area contributed by atoms with Crippen LogP contribution in [0.15, 0.2) is 36.4 Å². The number of thiocarbonyl (C=S) groups is 1. The Kier molecular flexibility index (Phi) is 5.54. The van der Waals surface area contributed by atoms with E-state index in [1.54, 1.807) is 45.4 Å². The van der Waals surface area contributed by atoms with Crippen LogP contribution in [-0.4, -0.2) is 24.3 Å². The smallest absolute Gasteiger partial charge is 0.269 e. The van der Waals surface area contributed by atoms with Gasteiger partial charge in [0.1, 0.15) is 0 Å². The number of aryl methyl sites for hydroxylation is 1. The molecule has 0 spiro atoms. The van der Waals surface area contributed by atoms with E-state index in [1.165, 1.54) is 12.1 Å². The molecule has 0 aliphatic heterocycles. The predicted octanol–water partition coefficient (Wildman–Crippen LogP) is 3.73. The molecule has 0 aromatic heterocycles. The first kappa shape index (κ1) is 17.5. The molecule has 2 aromatic carbocycles. The zero-order valence-electron chi connectivity index (χ0n) is 13.5. The van der Waals surface area contributed by atoms with Crippen LogP contribution in [0, 0.1) is 17.0 Å². The third kappa shape index (κ3) is 4.11. The second kappa shape index (κ2) is 7.60. The number of nitrogens with zero attached hydrogens (tertiary/aromatic N) is 1. The van der Waals surface area contributed by atoms with Crippen molar-refractivity contribution in [1.29, 1.82) is 0 Å². The summed E-state index contributed by atoms with van der Waals surface area (Å²) in [6, 6.07) is 9.86. The minimum Gasteiger partial charge on any atom is -0.493 e. The molecule has 0 amide bonds. The van der Waals surface area contributed by atoms with E-state index in [1.807, 2.05) is 0 Å². The third-order valence-corrected chi connectivity index (χ3v) is 3.51. The average Bonchev–Trinajstić information content (AvgIpc) is 2.56. The van der Waals surface area contributed by atoms with Gasteiger partial charge in [-0.2, -0.15) is 0 Å². The quantitative estimate of drug-likeness (QED) is 0.484. The summed E-state index contributed by atoms with van der Waals surface area (Å²) in [5.41, 5.74) is 2.18. The Hall–Kier alpha value is -2.87. The van der Waals surface area contributed by atoms with Crippen molar-refractivity contribution in [3.63, 3.8) is 0 Å². The summed E-state index contributed by atoms with van der Waals surface area (Å²) in [5, 5.41) is 17.2. The lowest BCUT2D eigenvalue weighted by molar-refractivity contribution is -0.384. The van der Waals surface area contributed by atoms with Gasteiger partial charge in [0.05, 0.1) is 19.1 Å². The van der Waals surface area contributed by atoms with Gasteiger partial charge < -0.3 is 20.1 Å². The van der Waals surface area contributed by atoms with Crippen molar-refractivity contribution in [3.8, 4) is 11.5 Å². The predicted molar refractivity (Wildman–Crippen MR) is 97.2 cm³/mol. The number of hydrogen-bond acceptors (Lipinski definition) is 5. The van der Waals surface area contributed by atoms with E-state index in [4.69, 9.17) is 21.7 Å². The Morgan fingerprint density at radius 3 is 2.38 bits per heavy atom. The van der Waals surface area contributed by atoms with Crippen molar-refractivity contribution in [2.24, 2.45) is 0 Å². The number of ether oxygens (including phenoxy) is 2. The van der Waals surface area contributed by atoms with Crippen molar-refractivity contribution < 1.29 is 14.4 Å². The van der Waals surface area contributed by atoms with Crippen LogP contribution >= 0.6 is 12.2 Å². The summed E-state index contributed by atoms with van der Waals surface area (Å²) in [4.78, 5) is 10.3. The van der Waals surface area contributed by atoms with Crippen LogP contribution in [0.5, 0.6) is 11.5 Å². The van der Waals surface area contributed by atoms with Gasteiger partial charge in [-0.3, -0.25) is 10.1 Å². The number of rotatable bonds is 5. The normalized spacial score (nSPS) is 9.96. The summed E-state index contributed by atoms with van der Waals surface area (Å²) in [7, 11) is 3.12. The van der Waals surface area contributed by atoms with Crippen LogP contribution in [0.4, 0.5) is 17.1 Å². The Balaban J connectivity index is 2.10. The van der Waals surface area contributed by atoms with Crippen LogP contribution in [0.1, 0.15) is 5.56 Å². The highest BCUT2D eigenvalue weighted by molar-refractivity contribution is 7.80. The molecule has 0 aliphatic carbocycles. The molecule has 0 fully saturated rings. The molecule has 2 N–H and O–H groups in total. The van der Waals surface area contributed by atoms with E-state index < -0.39 is 4.92 Å². The van der Waals surface area contributed by atoms with Gasteiger partial charge in [0, 0.05) is 29.6 Å². The van der Waals surface area contributed by atoms with Crippen molar-refractivity contribution >= 4 is 34.4 Å². The Labute approximate surface area is 144 Å². The van der Waals surface area contributed by atoms with Gasteiger partial charge in [0.15, 0.2) is 16.6 Å². The molecule has 0 aliphatic rings. The summed E-state index contributed by atoms with van der Waals surface area (Å²) in [6.45, 7) is 1.77. The molecule has 2 rings (SSSR count). The highest BCUT2D eigenvalue weighted by Crippen LogP contribution is 2.30. The largest absolute Gasteiger partial charge is 0.493 e. The van der Waals surface area contributed by atoms with E-state index in [2.05, 4.69) is 10.6 Å². The lowest BCUT2D eigenvalue weighted by Gasteiger charge is -2.14. The second-order valence-electron chi connectivity index (χ2n) is 4.91. The number of nitro groups is 1. The minimum absolute atomic E-state index is 0.0387. The van der Waals surface area contributed by atoms with Gasteiger partial charge in [0.25, 0.3) is 5.69 Å². The Morgan fingerprint density at radius 2 is 1.79 bits per heavy atom. The van der Waals surface area contributed by atoms with Crippen molar-refractivity contribution in [2.75, 3.05) is 24.9 Å². The van der Waals surface area contributed by atoms with E-state index >= 15 is 0 Å². The molecule has 24 heavy (non-hydrogen) atoms. The minimum atomic E-state index is -0.434. The van der Waals surface area contributed by atoms with Gasteiger partial charge >= 0.3 is 0 Å². The van der Waals surface area contributed by atoms with Crippen molar-refractivity contribution in [3.05, 3.63) is 52.1 Å². The maximum absolute atomic E-state index is 10.8. The van der Waals surface area contributed by atoms with E-state index in [0.717, 1.165) is 11.3 Å². The Morgan fingerprint density at radius 1 is 1.08 bits per heavy atom. The molecule has 8 heteroatoms. The molecule has 0 atom stereocenters. The zero-order chi connectivity index (χ0) is 17.7. The highest BCUT2D eigenvalue weighted by atomic mass is 32.1. The molecule has 126 valence electrons. The maximum Gasteiger partial charge on any atom is 0.269 e. The first-order chi connectivity index (χ1) is 11.4. The number of methoxy groups -OCH3 is 2. The van der Waals surface area contributed by atoms with Crippen LogP contribution in [0.3, 0.4) is 0 Å². The summed E-state index contributed by atoms with van der Waals surface area (Å²) in [6.07, 6.45) is 0. The SMILES string of the molecule is COc1ccc(NC(=S)Nc2ccc([N+](=O)[O-])cc2C)cc1OC. The monoisotopic (exact) mass is 347 g/mol. The second-order valence-corrected chi connectivity index (χ2v) is 5.31. The number of benzene rings is 2. The number of nitrogens with one attached hydrogen (secondary N) is 2. The fourth-order valence-corrected chi connectivity index (χ4v) is 2.33. The van der Waals surface area contributed by atoms with Gasteiger partial charge in [-0.25, -0.2) is 0 Å². The van der Waals surface area contributed by atoms with Crippen LogP contribution in [0.2, 0.25) is 0 Å². The Bertz CT molecular complexity index is 780. The number of non-ortho nitro benzene ring substituents is 1. The van der Waals surface area contributed by atoms with Gasteiger partial charge in [-0.05, 0) is 42.9 Å². The topological polar surface area (TPSA) is 85.7 Å².